The molecule has 1 N–H and O–H groups in total. The molecule has 3 amide bonds. The summed E-state index contributed by atoms with van der Waals surface area (Å²) in [5.41, 5.74) is 2.14. The molecule has 1 atom stereocenters. The number of benzene rings is 3. The molecule has 4 aromatic rings. The molecular weight excluding hydrogens is 454 g/mol. The van der Waals surface area contributed by atoms with Crippen molar-refractivity contribution in [2.75, 3.05) is 26.2 Å². The highest BCUT2D eigenvalue weighted by atomic mass is 16.3. The number of para-hydroxylation sites is 1. The summed E-state index contributed by atoms with van der Waals surface area (Å²) in [6.45, 7) is 1.56. The van der Waals surface area contributed by atoms with Crippen LogP contribution in [0.15, 0.2) is 95.4 Å². The molecule has 1 aromatic heterocycles. The quantitative estimate of drug-likeness (QED) is 0.455. The van der Waals surface area contributed by atoms with Gasteiger partial charge in [0.25, 0.3) is 11.8 Å². The van der Waals surface area contributed by atoms with Crippen molar-refractivity contribution < 1.29 is 18.8 Å². The largest absolute Gasteiger partial charge is 0.451 e. The average Bonchev–Trinajstić information content (AvgIpc) is 3.37. The Balaban J connectivity index is 1.26. The first-order valence-corrected chi connectivity index (χ1v) is 12.0. The lowest BCUT2D eigenvalue weighted by Gasteiger charge is -2.36. The van der Waals surface area contributed by atoms with Crippen molar-refractivity contribution in [3.63, 3.8) is 0 Å². The maximum absolute atomic E-state index is 13.5. The van der Waals surface area contributed by atoms with Crippen molar-refractivity contribution in [1.82, 2.24) is 15.1 Å². The van der Waals surface area contributed by atoms with E-state index in [9.17, 15) is 14.4 Å². The number of nitrogens with one attached hydrogen (secondary N) is 1. The number of piperazine rings is 1. The Labute approximate surface area is 209 Å². The zero-order valence-electron chi connectivity index (χ0n) is 19.8. The Bertz CT molecular complexity index is 1330. The lowest BCUT2D eigenvalue weighted by Crippen LogP contribution is -2.56. The highest BCUT2D eigenvalue weighted by molar-refractivity contribution is 5.98. The Hall–Kier alpha value is -4.39. The van der Waals surface area contributed by atoms with Gasteiger partial charge in [-0.1, -0.05) is 66.7 Å². The molecule has 1 aliphatic rings. The zero-order chi connectivity index (χ0) is 24.9. The lowest BCUT2D eigenvalue weighted by atomic mass is 10.0. The molecule has 7 heteroatoms. The number of carbonyl (C=O) groups excluding carboxylic acids is 3. The Morgan fingerprint density at radius 1 is 0.778 bits per heavy atom. The molecule has 182 valence electrons. The molecule has 1 unspecified atom stereocenters. The van der Waals surface area contributed by atoms with E-state index in [4.69, 9.17) is 4.42 Å². The summed E-state index contributed by atoms with van der Waals surface area (Å²) < 4.78 is 5.73. The summed E-state index contributed by atoms with van der Waals surface area (Å²) in [7, 11) is 0. The first-order valence-electron chi connectivity index (χ1n) is 12.0. The third-order valence-electron chi connectivity index (χ3n) is 6.44. The van der Waals surface area contributed by atoms with E-state index in [1.807, 2.05) is 60.7 Å². The van der Waals surface area contributed by atoms with Gasteiger partial charge in [-0.3, -0.25) is 14.4 Å². The van der Waals surface area contributed by atoms with E-state index < -0.39 is 6.04 Å². The van der Waals surface area contributed by atoms with Crippen molar-refractivity contribution in [3.8, 4) is 0 Å². The molecule has 1 saturated heterocycles. The summed E-state index contributed by atoms with van der Waals surface area (Å²) in [5.74, 6) is -0.327. The molecule has 0 saturated carbocycles. The van der Waals surface area contributed by atoms with E-state index in [1.54, 1.807) is 40.1 Å². The number of amides is 3. The van der Waals surface area contributed by atoms with E-state index in [2.05, 4.69) is 5.32 Å². The van der Waals surface area contributed by atoms with Crippen LogP contribution in [0.1, 0.15) is 26.5 Å². The zero-order valence-corrected chi connectivity index (χ0v) is 19.8. The van der Waals surface area contributed by atoms with E-state index in [-0.39, 0.29) is 17.7 Å². The van der Waals surface area contributed by atoms with Gasteiger partial charge in [0.1, 0.15) is 11.6 Å². The van der Waals surface area contributed by atoms with Gasteiger partial charge >= 0.3 is 0 Å². The monoisotopic (exact) mass is 481 g/mol. The molecule has 5 rings (SSSR count). The van der Waals surface area contributed by atoms with Gasteiger partial charge in [0.05, 0.1) is 0 Å². The maximum atomic E-state index is 13.5. The number of rotatable bonds is 6. The number of fused-ring (bicyclic) bond motifs is 1. The van der Waals surface area contributed by atoms with E-state index in [1.165, 1.54) is 0 Å². The minimum Gasteiger partial charge on any atom is -0.451 e. The smallest absolute Gasteiger partial charge is 0.289 e. The lowest BCUT2D eigenvalue weighted by molar-refractivity contribution is -0.134. The predicted octanol–water partition coefficient (Wildman–Crippen LogP) is 3.76. The van der Waals surface area contributed by atoms with Crippen molar-refractivity contribution in [1.29, 1.82) is 0 Å². The van der Waals surface area contributed by atoms with Crippen molar-refractivity contribution in [2.45, 2.75) is 12.5 Å². The van der Waals surface area contributed by atoms with Gasteiger partial charge in [0.15, 0.2) is 5.76 Å². The SMILES string of the molecule is O=C(NC(Cc1ccccc1)C(=O)N1CCN(C(=O)c2cc3ccccc3o2)CC1)c1ccccc1. The predicted molar refractivity (Wildman–Crippen MR) is 137 cm³/mol. The minimum atomic E-state index is -0.710. The maximum Gasteiger partial charge on any atom is 0.289 e. The molecule has 0 aliphatic carbocycles. The van der Waals surface area contributed by atoms with Gasteiger partial charge in [0.2, 0.25) is 5.91 Å². The number of furan rings is 1. The number of carbonyl (C=O) groups is 3. The Morgan fingerprint density at radius 2 is 1.39 bits per heavy atom. The highest BCUT2D eigenvalue weighted by Crippen LogP contribution is 2.21. The molecule has 0 spiro atoms. The molecule has 1 fully saturated rings. The highest BCUT2D eigenvalue weighted by Gasteiger charge is 2.31. The number of hydrogen-bond acceptors (Lipinski definition) is 4. The fraction of sp³-hybridized carbons (Fsp3) is 0.207. The van der Waals surface area contributed by atoms with Crippen LogP contribution in [0, 0.1) is 0 Å². The second-order valence-electron chi connectivity index (χ2n) is 8.85. The number of nitrogens with zero attached hydrogens (tertiary/aromatic N) is 2. The van der Waals surface area contributed by atoms with E-state index >= 15 is 0 Å². The van der Waals surface area contributed by atoms with Crippen LogP contribution in [0.25, 0.3) is 11.0 Å². The van der Waals surface area contributed by atoms with Crippen LogP contribution in [0.4, 0.5) is 0 Å². The summed E-state index contributed by atoms with van der Waals surface area (Å²) in [6, 6.07) is 27.1. The number of hydrogen-bond donors (Lipinski definition) is 1. The average molecular weight is 482 g/mol. The Morgan fingerprint density at radius 3 is 2.08 bits per heavy atom. The first kappa shape index (κ1) is 23.4. The summed E-state index contributed by atoms with van der Waals surface area (Å²) in [5, 5.41) is 3.81. The fourth-order valence-electron chi connectivity index (χ4n) is 4.47. The van der Waals surface area contributed by atoms with Crippen LogP contribution in [0.3, 0.4) is 0 Å². The third kappa shape index (κ3) is 5.15. The molecule has 36 heavy (non-hydrogen) atoms. The van der Waals surface area contributed by atoms with E-state index in [0.717, 1.165) is 10.9 Å². The van der Waals surface area contributed by atoms with Gasteiger partial charge < -0.3 is 19.5 Å². The minimum absolute atomic E-state index is 0.154. The van der Waals surface area contributed by atoms with E-state index in [0.29, 0.717) is 49.5 Å². The van der Waals surface area contributed by atoms with Crippen molar-refractivity contribution in [2.24, 2.45) is 0 Å². The molecule has 2 heterocycles. The van der Waals surface area contributed by atoms with Crippen LogP contribution < -0.4 is 5.32 Å². The topological polar surface area (TPSA) is 82.9 Å². The fourth-order valence-corrected chi connectivity index (χ4v) is 4.47. The Kier molecular flexibility index (Phi) is 6.80. The molecule has 3 aromatic carbocycles. The van der Waals surface area contributed by atoms with Crippen LogP contribution in [0.2, 0.25) is 0 Å². The third-order valence-corrected chi connectivity index (χ3v) is 6.44. The molecule has 1 aliphatic heterocycles. The molecule has 0 radical (unpaired) electrons. The van der Waals surface area contributed by atoms with Gasteiger partial charge in [0, 0.05) is 43.5 Å². The van der Waals surface area contributed by atoms with Crippen LogP contribution in [-0.4, -0.2) is 59.7 Å². The second-order valence-corrected chi connectivity index (χ2v) is 8.85. The van der Waals surface area contributed by atoms with Crippen LogP contribution in [-0.2, 0) is 11.2 Å². The van der Waals surface area contributed by atoms with Crippen LogP contribution in [0.5, 0.6) is 0 Å². The standard InChI is InChI=1S/C29H27N3O4/c33-27(22-11-5-2-6-12-22)30-24(19-21-9-3-1-4-10-21)28(34)31-15-17-32(18-16-31)29(35)26-20-23-13-7-8-14-25(23)36-26/h1-14,20,24H,15-19H2,(H,30,33). The molecule has 0 bridgehead atoms. The summed E-state index contributed by atoms with van der Waals surface area (Å²) in [4.78, 5) is 42.8. The van der Waals surface area contributed by atoms with Crippen molar-refractivity contribution >= 4 is 28.7 Å². The second kappa shape index (κ2) is 10.5. The molecular formula is C29H27N3O4. The first-order chi connectivity index (χ1) is 17.6. The van der Waals surface area contributed by atoms with Gasteiger partial charge in [-0.25, -0.2) is 0 Å². The normalized spacial score (nSPS) is 14.4. The summed E-state index contributed by atoms with van der Waals surface area (Å²) in [6.07, 6.45) is 0.385. The van der Waals surface area contributed by atoms with Gasteiger partial charge in [-0.2, -0.15) is 0 Å². The van der Waals surface area contributed by atoms with Crippen molar-refractivity contribution in [3.05, 3.63) is 108 Å². The summed E-state index contributed by atoms with van der Waals surface area (Å²) >= 11 is 0. The van der Waals surface area contributed by atoms with Gasteiger partial charge in [-0.05, 0) is 29.8 Å². The van der Waals surface area contributed by atoms with Gasteiger partial charge in [-0.15, -0.1) is 0 Å². The molecule has 7 nitrogen and oxygen atoms in total. The van der Waals surface area contributed by atoms with Crippen LogP contribution >= 0.6 is 0 Å².